The Hall–Kier alpha value is -3.15. The summed E-state index contributed by atoms with van der Waals surface area (Å²) < 4.78 is 1.66. The van der Waals surface area contributed by atoms with Gasteiger partial charge in [0.2, 0.25) is 17.4 Å². The highest BCUT2D eigenvalue weighted by Gasteiger charge is 1.98. The van der Waals surface area contributed by atoms with Crippen molar-refractivity contribution >= 4 is 23.6 Å². The normalized spacial score (nSPS) is 10.7. The monoisotopic (exact) mass is 353 g/mol. The van der Waals surface area contributed by atoms with E-state index in [1.807, 2.05) is 18.2 Å². The number of pyridine rings is 1. The molecule has 0 bridgehead atoms. The molecule has 0 saturated heterocycles. The highest BCUT2D eigenvalue weighted by atomic mass is 16.2. The molecule has 0 unspecified atom stereocenters. The molecule has 0 spiro atoms. The van der Waals surface area contributed by atoms with E-state index in [-0.39, 0.29) is 17.4 Å². The molecule has 2 amide bonds. The molecule has 1 aromatic carbocycles. The van der Waals surface area contributed by atoms with Gasteiger partial charge in [-0.1, -0.05) is 18.2 Å². The van der Waals surface area contributed by atoms with Crippen molar-refractivity contribution in [2.24, 2.45) is 0 Å². The fourth-order valence-corrected chi connectivity index (χ4v) is 2.38. The van der Waals surface area contributed by atoms with E-state index in [9.17, 15) is 14.4 Å². The molecule has 1 heterocycles. The number of rotatable bonds is 8. The van der Waals surface area contributed by atoms with Gasteiger partial charge in [-0.25, -0.2) is 0 Å². The lowest BCUT2D eigenvalue weighted by atomic mass is 10.2. The molecule has 0 aliphatic rings. The molecule has 0 fully saturated rings. The first-order valence-electron chi connectivity index (χ1n) is 8.53. The van der Waals surface area contributed by atoms with Crippen LogP contribution in [0.3, 0.4) is 0 Å². The van der Waals surface area contributed by atoms with Crippen LogP contribution in [0.2, 0.25) is 0 Å². The number of nitrogens with one attached hydrogen (secondary N) is 2. The summed E-state index contributed by atoms with van der Waals surface area (Å²) in [5.74, 6) is -0.280. The first-order chi connectivity index (χ1) is 12.5. The van der Waals surface area contributed by atoms with Crippen LogP contribution < -0.4 is 16.2 Å². The van der Waals surface area contributed by atoms with Crippen LogP contribution in [0.15, 0.2) is 59.5 Å². The number of amides is 2. The number of unbranched alkanes of at least 4 members (excludes halogenated alkanes) is 1. The molecule has 0 radical (unpaired) electrons. The molecule has 6 nitrogen and oxygen atoms in total. The van der Waals surface area contributed by atoms with E-state index < -0.39 is 0 Å². The summed E-state index contributed by atoms with van der Waals surface area (Å²) in [5, 5.41) is 5.51. The minimum absolute atomic E-state index is 0.0102. The summed E-state index contributed by atoms with van der Waals surface area (Å²) >= 11 is 0. The van der Waals surface area contributed by atoms with E-state index in [4.69, 9.17) is 0 Å². The van der Waals surface area contributed by atoms with Crippen LogP contribution >= 0.6 is 0 Å². The van der Waals surface area contributed by atoms with Gasteiger partial charge in [-0.2, -0.15) is 0 Å². The lowest BCUT2D eigenvalue weighted by Gasteiger charge is -2.05. The van der Waals surface area contributed by atoms with Gasteiger partial charge in [-0.15, -0.1) is 0 Å². The molecular weight excluding hydrogens is 330 g/mol. The van der Waals surface area contributed by atoms with E-state index in [0.29, 0.717) is 13.1 Å². The van der Waals surface area contributed by atoms with Crippen LogP contribution in [-0.2, 0) is 16.1 Å². The zero-order valence-corrected chi connectivity index (χ0v) is 14.8. The number of carbonyl (C=O) groups is 2. The third-order valence-electron chi connectivity index (χ3n) is 3.68. The number of nitrogens with zero attached hydrogens (tertiary/aromatic N) is 1. The van der Waals surface area contributed by atoms with Crippen molar-refractivity contribution in [3.63, 3.8) is 0 Å². The highest BCUT2D eigenvalue weighted by molar-refractivity contribution is 5.92. The SMILES string of the molecule is CC(=O)Nc1ccc(C=CC(=O)NCCCCn2ccccc2=O)cc1. The maximum atomic E-state index is 11.8. The van der Waals surface area contributed by atoms with Crippen molar-refractivity contribution in [1.82, 2.24) is 9.88 Å². The van der Waals surface area contributed by atoms with Gasteiger partial charge in [0.25, 0.3) is 0 Å². The van der Waals surface area contributed by atoms with Gasteiger partial charge >= 0.3 is 0 Å². The van der Waals surface area contributed by atoms with Crippen LogP contribution in [-0.4, -0.2) is 22.9 Å². The van der Waals surface area contributed by atoms with Crippen molar-refractivity contribution in [2.45, 2.75) is 26.3 Å². The molecule has 2 rings (SSSR count). The molecule has 2 aromatic rings. The van der Waals surface area contributed by atoms with E-state index in [0.717, 1.165) is 24.1 Å². The Morgan fingerprint density at radius 2 is 1.85 bits per heavy atom. The number of hydrogen-bond donors (Lipinski definition) is 2. The number of carbonyl (C=O) groups excluding carboxylic acids is 2. The maximum Gasteiger partial charge on any atom is 0.250 e. The zero-order chi connectivity index (χ0) is 18.8. The predicted molar refractivity (Wildman–Crippen MR) is 103 cm³/mol. The van der Waals surface area contributed by atoms with Gasteiger partial charge in [0.1, 0.15) is 0 Å². The zero-order valence-electron chi connectivity index (χ0n) is 14.8. The molecule has 1 aromatic heterocycles. The fourth-order valence-electron chi connectivity index (χ4n) is 2.38. The minimum Gasteiger partial charge on any atom is -0.353 e. The van der Waals surface area contributed by atoms with Gasteiger partial charge in [-0.05, 0) is 42.7 Å². The summed E-state index contributed by atoms with van der Waals surface area (Å²) in [4.78, 5) is 34.3. The maximum absolute atomic E-state index is 11.8. The fraction of sp³-hybridized carbons (Fsp3) is 0.250. The number of hydrogen-bond acceptors (Lipinski definition) is 3. The molecule has 0 saturated carbocycles. The second-order valence-corrected chi connectivity index (χ2v) is 5.87. The number of aromatic nitrogens is 1. The van der Waals surface area contributed by atoms with E-state index in [1.165, 1.54) is 19.1 Å². The number of benzene rings is 1. The quantitative estimate of drug-likeness (QED) is 0.565. The molecule has 2 N–H and O–H groups in total. The summed E-state index contributed by atoms with van der Waals surface area (Å²) in [5.41, 5.74) is 1.58. The Morgan fingerprint density at radius 3 is 2.54 bits per heavy atom. The second-order valence-electron chi connectivity index (χ2n) is 5.87. The molecule has 26 heavy (non-hydrogen) atoms. The summed E-state index contributed by atoms with van der Waals surface area (Å²) in [6.45, 7) is 2.66. The van der Waals surface area contributed by atoms with Crippen molar-refractivity contribution < 1.29 is 9.59 Å². The predicted octanol–water partition coefficient (Wildman–Crippen LogP) is 2.42. The molecule has 6 heteroatoms. The first kappa shape index (κ1) is 19.2. The van der Waals surface area contributed by atoms with Gasteiger partial charge in [0.05, 0.1) is 0 Å². The highest BCUT2D eigenvalue weighted by Crippen LogP contribution is 2.10. The number of aryl methyl sites for hydroxylation is 1. The Kier molecular flexibility index (Phi) is 7.36. The average Bonchev–Trinajstić information content (AvgIpc) is 2.62. The minimum atomic E-state index is -0.159. The lowest BCUT2D eigenvalue weighted by Crippen LogP contribution is -2.23. The third-order valence-corrected chi connectivity index (χ3v) is 3.68. The van der Waals surface area contributed by atoms with Crippen LogP contribution in [0.25, 0.3) is 6.08 Å². The van der Waals surface area contributed by atoms with Gasteiger partial charge < -0.3 is 15.2 Å². The van der Waals surface area contributed by atoms with Crippen molar-refractivity contribution in [3.05, 3.63) is 70.7 Å². The Labute approximate surface area is 152 Å². The summed E-state index contributed by atoms with van der Waals surface area (Å²) in [6.07, 6.45) is 6.58. The van der Waals surface area contributed by atoms with Crippen molar-refractivity contribution in [1.29, 1.82) is 0 Å². The molecule has 0 aliphatic carbocycles. The Balaban J connectivity index is 1.68. The van der Waals surface area contributed by atoms with E-state index in [1.54, 1.807) is 35.0 Å². The molecule has 0 atom stereocenters. The average molecular weight is 353 g/mol. The van der Waals surface area contributed by atoms with Crippen molar-refractivity contribution in [3.8, 4) is 0 Å². The largest absolute Gasteiger partial charge is 0.353 e. The summed E-state index contributed by atoms with van der Waals surface area (Å²) in [6, 6.07) is 12.3. The van der Waals surface area contributed by atoms with E-state index >= 15 is 0 Å². The second kappa shape index (κ2) is 9.98. The molecule has 136 valence electrons. The summed E-state index contributed by atoms with van der Waals surface area (Å²) in [7, 11) is 0. The van der Waals surface area contributed by atoms with Crippen LogP contribution in [0.1, 0.15) is 25.3 Å². The lowest BCUT2D eigenvalue weighted by molar-refractivity contribution is -0.116. The third kappa shape index (κ3) is 6.76. The molecule has 0 aliphatic heterocycles. The Bertz CT molecular complexity index is 823. The Morgan fingerprint density at radius 1 is 1.08 bits per heavy atom. The van der Waals surface area contributed by atoms with Gasteiger partial charge in [0.15, 0.2) is 0 Å². The number of anilines is 1. The van der Waals surface area contributed by atoms with Gasteiger partial charge in [-0.3, -0.25) is 14.4 Å². The van der Waals surface area contributed by atoms with Gasteiger partial charge in [0, 0.05) is 44.0 Å². The van der Waals surface area contributed by atoms with Crippen molar-refractivity contribution in [2.75, 3.05) is 11.9 Å². The van der Waals surface area contributed by atoms with E-state index in [2.05, 4.69) is 10.6 Å². The first-order valence-corrected chi connectivity index (χ1v) is 8.53. The smallest absolute Gasteiger partial charge is 0.250 e. The topological polar surface area (TPSA) is 80.2 Å². The molecular formula is C20H23N3O3. The van der Waals surface area contributed by atoms with Crippen LogP contribution in [0, 0.1) is 0 Å². The van der Waals surface area contributed by atoms with Crippen LogP contribution in [0.5, 0.6) is 0 Å². The van der Waals surface area contributed by atoms with Crippen LogP contribution in [0.4, 0.5) is 5.69 Å². The standard InChI is InChI=1S/C20H23N3O3/c1-16(24)22-18-10-7-17(8-11-18)9-12-19(25)21-13-3-5-15-23-14-4-2-6-20(23)26/h2,4,6-12,14H,3,5,13,15H2,1H3,(H,21,25)(H,22,24).